The third-order valence-corrected chi connectivity index (χ3v) is 3.67. The van der Waals surface area contributed by atoms with Crippen molar-refractivity contribution in [2.45, 2.75) is 51.5 Å². The van der Waals surface area contributed by atoms with Gasteiger partial charge >= 0.3 is 0 Å². The molecule has 0 heterocycles. The van der Waals surface area contributed by atoms with Crippen molar-refractivity contribution in [3.63, 3.8) is 0 Å². The van der Waals surface area contributed by atoms with Crippen LogP contribution in [0.5, 0.6) is 0 Å². The first-order valence-electron chi connectivity index (χ1n) is 7.89. The monoisotopic (exact) mass is 301 g/mol. The second kappa shape index (κ2) is 8.97. The lowest BCUT2D eigenvalue weighted by Crippen LogP contribution is -2.30. The van der Waals surface area contributed by atoms with Crippen LogP contribution < -0.4 is 10.7 Å². The lowest BCUT2D eigenvalue weighted by molar-refractivity contribution is -0.129. The van der Waals surface area contributed by atoms with Crippen molar-refractivity contribution >= 4 is 17.5 Å². The molecule has 5 heteroatoms. The maximum absolute atomic E-state index is 11.7. The molecule has 2 N–H and O–H groups in total. The Labute approximate surface area is 131 Å². The molecule has 0 saturated heterocycles. The third kappa shape index (κ3) is 6.08. The summed E-state index contributed by atoms with van der Waals surface area (Å²) in [6.07, 6.45) is 6.42. The van der Waals surface area contributed by atoms with Crippen molar-refractivity contribution in [3.8, 4) is 0 Å². The average molecular weight is 301 g/mol. The van der Waals surface area contributed by atoms with Gasteiger partial charge in [0.15, 0.2) is 0 Å². The van der Waals surface area contributed by atoms with Crippen molar-refractivity contribution in [1.82, 2.24) is 10.7 Å². The van der Waals surface area contributed by atoms with Gasteiger partial charge in [0, 0.05) is 12.3 Å². The van der Waals surface area contributed by atoms with Crippen LogP contribution in [0.25, 0.3) is 0 Å². The number of rotatable bonds is 5. The first kappa shape index (κ1) is 16.2. The van der Waals surface area contributed by atoms with Gasteiger partial charge in [0.2, 0.25) is 11.8 Å². The topological polar surface area (TPSA) is 70.6 Å². The van der Waals surface area contributed by atoms with E-state index < -0.39 is 0 Å². The van der Waals surface area contributed by atoms with Crippen LogP contribution in [0, 0.1) is 0 Å². The van der Waals surface area contributed by atoms with Gasteiger partial charge in [-0.15, -0.1) is 0 Å². The minimum Gasteiger partial charge on any atom is -0.352 e. The molecular formula is C17H23N3O2. The van der Waals surface area contributed by atoms with Crippen LogP contribution in [0.3, 0.4) is 0 Å². The number of hydrazone groups is 1. The number of benzene rings is 1. The number of amides is 2. The molecule has 0 radical (unpaired) electrons. The normalized spacial score (nSPS) is 14.8. The molecule has 0 aromatic heterocycles. The molecule has 0 atom stereocenters. The van der Waals surface area contributed by atoms with Gasteiger partial charge in [-0.2, -0.15) is 5.10 Å². The fourth-order valence-corrected chi connectivity index (χ4v) is 2.43. The average Bonchev–Trinajstić information content (AvgIpc) is 2.81. The lowest BCUT2D eigenvalue weighted by Gasteiger charge is -2.06. The number of carbonyl (C=O) groups is 2. The van der Waals surface area contributed by atoms with Gasteiger partial charge in [-0.3, -0.25) is 9.59 Å². The molecule has 1 aliphatic carbocycles. The van der Waals surface area contributed by atoms with Crippen LogP contribution in [0.2, 0.25) is 0 Å². The van der Waals surface area contributed by atoms with Crippen LogP contribution in [0.1, 0.15) is 50.5 Å². The first-order valence-corrected chi connectivity index (χ1v) is 7.89. The van der Waals surface area contributed by atoms with E-state index in [2.05, 4.69) is 15.8 Å². The minimum absolute atomic E-state index is 0.191. The fourth-order valence-electron chi connectivity index (χ4n) is 2.43. The SMILES string of the molecule is O=C(CC(=O)NN=C1CCCCCC1)NCc1ccccc1. The molecule has 2 amide bonds. The van der Waals surface area contributed by atoms with Crippen LogP contribution in [-0.2, 0) is 16.1 Å². The highest BCUT2D eigenvalue weighted by Gasteiger charge is 2.10. The Balaban J connectivity index is 1.69. The quantitative estimate of drug-likeness (QED) is 0.498. The van der Waals surface area contributed by atoms with Gasteiger partial charge in [-0.1, -0.05) is 43.2 Å². The molecule has 1 aromatic rings. The van der Waals surface area contributed by atoms with E-state index in [0.717, 1.165) is 37.0 Å². The standard InChI is InChI=1S/C17H23N3O2/c21-16(18-13-14-8-4-3-5-9-14)12-17(22)20-19-15-10-6-1-2-7-11-15/h3-5,8-9H,1-2,6-7,10-13H2,(H,18,21)(H,20,22). The largest absolute Gasteiger partial charge is 0.352 e. The third-order valence-electron chi connectivity index (χ3n) is 3.67. The molecule has 1 aromatic carbocycles. The van der Waals surface area contributed by atoms with Gasteiger partial charge in [0.1, 0.15) is 6.42 Å². The summed E-state index contributed by atoms with van der Waals surface area (Å²) in [5.41, 5.74) is 4.54. The molecule has 0 bridgehead atoms. The summed E-state index contributed by atoms with van der Waals surface area (Å²) in [5.74, 6) is -0.648. The summed E-state index contributed by atoms with van der Waals surface area (Å²) in [4.78, 5) is 23.4. The van der Waals surface area contributed by atoms with Crippen LogP contribution in [-0.4, -0.2) is 17.5 Å². The predicted octanol–water partition coefficient (Wildman–Crippen LogP) is 2.52. The van der Waals surface area contributed by atoms with Crippen molar-refractivity contribution in [3.05, 3.63) is 35.9 Å². The Morgan fingerprint density at radius 3 is 2.32 bits per heavy atom. The molecule has 0 aliphatic heterocycles. The number of hydrogen-bond donors (Lipinski definition) is 2. The van der Waals surface area contributed by atoms with Crippen molar-refractivity contribution < 1.29 is 9.59 Å². The summed E-state index contributed by atoms with van der Waals surface area (Å²) in [5, 5.41) is 6.88. The maximum atomic E-state index is 11.7. The van der Waals surface area contributed by atoms with E-state index >= 15 is 0 Å². The molecule has 118 valence electrons. The Bertz CT molecular complexity index is 516. The molecule has 22 heavy (non-hydrogen) atoms. The van der Waals surface area contributed by atoms with Crippen molar-refractivity contribution in [1.29, 1.82) is 0 Å². The summed E-state index contributed by atoms with van der Waals surface area (Å²) < 4.78 is 0. The Morgan fingerprint density at radius 2 is 1.64 bits per heavy atom. The van der Waals surface area contributed by atoms with E-state index in [1.54, 1.807) is 0 Å². The fraction of sp³-hybridized carbons (Fsp3) is 0.471. The zero-order valence-corrected chi connectivity index (χ0v) is 12.8. The number of hydrogen-bond acceptors (Lipinski definition) is 3. The highest BCUT2D eigenvalue weighted by Crippen LogP contribution is 2.14. The Morgan fingerprint density at radius 1 is 0.955 bits per heavy atom. The predicted molar refractivity (Wildman–Crippen MR) is 86.2 cm³/mol. The van der Waals surface area contributed by atoms with Crippen LogP contribution >= 0.6 is 0 Å². The van der Waals surface area contributed by atoms with Gasteiger partial charge in [0.25, 0.3) is 0 Å². The summed E-state index contributed by atoms with van der Waals surface area (Å²) in [6, 6.07) is 9.61. The number of nitrogens with one attached hydrogen (secondary N) is 2. The van der Waals surface area contributed by atoms with Gasteiger partial charge < -0.3 is 5.32 Å². The molecule has 5 nitrogen and oxygen atoms in total. The zero-order valence-electron chi connectivity index (χ0n) is 12.8. The van der Waals surface area contributed by atoms with Crippen LogP contribution in [0.15, 0.2) is 35.4 Å². The Kier molecular flexibility index (Phi) is 6.61. The van der Waals surface area contributed by atoms with E-state index in [0.29, 0.717) is 6.54 Å². The van der Waals surface area contributed by atoms with Crippen LogP contribution in [0.4, 0.5) is 0 Å². The van der Waals surface area contributed by atoms with Crippen molar-refractivity contribution in [2.75, 3.05) is 0 Å². The Hall–Kier alpha value is -2.17. The highest BCUT2D eigenvalue weighted by atomic mass is 16.2. The van der Waals surface area contributed by atoms with E-state index in [4.69, 9.17) is 0 Å². The van der Waals surface area contributed by atoms with E-state index in [-0.39, 0.29) is 18.2 Å². The second-order valence-corrected chi connectivity index (χ2v) is 5.57. The van der Waals surface area contributed by atoms with Gasteiger partial charge in [0.05, 0.1) is 0 Å². The van der Waals surface area contributed by atoms with Crippen molar-refractivity contribution in [2.24, 2.45) is 5.10 Å². The molecular weight excluding hydrogens is 278 g/mol. The maximum Gasteiger partial charge on any atom is 0.249 e. The number of nitrogens with zero attached hydrogens (tertiary/aromatic N) is 1. The second-order valence-electron chi connectivity index (χ2n) is 5.57. The van der Waals surface area contributed by atoms with Gasteiger partial charge in [-0.25, -0.2) is 5.43 Å². The number of carbonyl (C=O) groups excluding carboxylic acids is 2. The van der Waals surface area contributed by atoms with Gasteiger partial charge in [-0.05, 0) is 31.2 Å². The van der Waals surface area contributed by atoms with E-state index in [1.807, 2.05) is 30.3 Å². The highest BCUT2D eigenvalue weighted by molar-refractivity contribution is 5.97. The smallest absolute Gasteiger partial charge is 0.249 e. The molecule has 1 fully saturated rings. The molecule has 1 aliphatic rings. The first-order chi connectivity index (χ1) is 10.7. The zero-order chi connectivity index (χ0) is 15.6. The van der Waals surface area contributed by atoms with E-state index in [9.17, 15) is 9.59 Å². The summed E-state index contributed by atoms with van der Waals surface area (Å²) in [6.45, 7) is 0.432. The lowest BCUT2D eigenvalue weighted by atomic mass is 10.2. The summed E-state index contributed by atoms with van der Waals surface area (Å²) >= 11 is 0. The minimum atomic E-state index is -0.359. The van der Waals surface area contributed by atoms with E-state index in [1.165, 1.54) is 12.8 Å². The molecule has 2 rings (SSSR count). The molecule has 0 spiro atoms. The molecule has 1 saturated carbocycles. The molecule has 0 unspecified atom stereocenters. The summed E-state index contributed by atoms with van der Waals surface area (Å²) in [7, 11) is 0.